The van der Waals surface area contributed by atoms with Crippen LogP contribution in [-0.2, 0) is 4.74 Å². The second-order valence-corrected chi connectivity index (χ2v) is 7.99. The molecule has 1 aliphatic heterocycles. The molecule has 1 aromatic carbocycles. The van der Waals surface area contributed by atoms with Crippen LogP contribution in [0.5, 0.6) is 0 Å². The van der Waals surface area contributed by atoms with Crippen LogP contribution in [0.4, 0.5) is 0 Å². The molecule has 0 spiro atoms. The molecule has 0 bridgehead atoms. The maximum Gasteiger partial charge on any atom is 0.0864 e. The van der Waals surface area contributed by atoms with E-state index in [1.165, 1.54) is 5.56 Å². The molecule has 4 heteroatoms. The van der Waals surface area contributed by atoms with Crippen molar-refractivity contribution in [3.05, 3.63) is 33.8 Å². The molecule has 124 valence electrons. The molecule has 23 heavy (non-hydrogen) atoms. The van der Waals surface area contributed by atoms with Gasteiger partial charge in [-0.3, -0.25) is 4.99 Å². The van der Waals surface area contributed by atoms with Gasteiger partial charge in [-0.1, -0.05) is 28.9 Å². The fourth-order valence-corrected chi connectivity index (χ4v) is 3.87. The summed E-state index contributed by atoms with van der Waals surface area (Å²) in [6.07, 6.45) is 4.89. The van der Waals surface area contributed by atoms with E-state index in [1.54, 1.807) is 0 Å². The van der Waals surface area contributed by atoms with Crippen LogP contribution in [0.1, 0.15) is 63.0 Å². The normalized spacial score (nSPS) is 26.5. The molecule has 0 amide bonds. The molecule has 1 saturated heterocycles. The Bertz CT molecular complexity index is 632. The number of rotatable bonds is 1. The van der Waals surface area contributed by atoms with Crippen LogP contribution < -0.4 is 0 Å². The topological polar surface area (TPSA) is 45.4 Å². The van der Waals surface area contributed by atoms with E-state index in [1.807, 2.05) is 0 Å². The van der Waals surface area contributed by atoms with Crippen molar-refractivity contribution in [1.29, 1.82) is 5.41 Å². The predicted molar refractivity (Wildman–Crippen MR) is 99.1 cm³/mol. The van der Waals surface area contributed by atoms with Crippen molar-refractivity contribution in [2.24, 2.45) is 4.99 Å². The minimum Gasteiger partial charge on any atom is -0.381 e. The highest BCUT2D eigenvalue weighted by Gasteiger charge is 2.30. The van der Waals surface area contributed by atoms with Gasteiger partial charge < -0.3 is 10.1 Å². The van der Waals surface area contributed by atoms with Gasteiger partial charge in [-0.25, -0.2) is 0 Å². The SMILES string of the molecule is CC1CCCC(=N)C(=NC2(C)CCOCC2)c2cc(Br)ccc21. The Balaban J connectivity index is 2.11. The molecule has 1 heterocycles. The molecule has 0 saturated carbocycles. The number of hydrogen-bond acceptors (Lipinski definition) is 3. The molecule has 1 aliphatic carbocycles. The van der Waals surface area contributed by atoms with Crippen molar-refractivity contribution in [3.63, 3.8) is 0 Å². The Morgan fingerprint density at radius 3 is 2.78 bits per heavy atom. The van der Waals surface area contributed by atoms with Gasteiger partial charge in [0.2, 0.25) is 0 Å². The van der Waals surface area contributed by atoms with Crippen molar-refractivity contribution in [3.8, 4) is 0 Å². The Morgan fingerprint density at radius 1 is 1.30 bits per heavy atom. The summed E-state index contributed by atoms with van der Waals surface area (Å²) in [5.41, 5.74) is 3.94. The number of nitrogens with one attached hydrogen (secondary N) is 1. The Morgan fingerprint density at radius 2 is 2.04 bits per heavy atom. The fraction of sp³-hybridized carbons (Fsp3) is 0.579. The van der Waals surface area contributed by atoms with E-state index in [-0.39, 0.29) is 5.54 Å². The smallest absolute Gasteiger partial charge is 0.0864 e. The first-order valence-electron chi connectivity index (χ1n) is 8.54. The summed E-state index contributed by atoms with van der Waals surface area (Å²) in [5, 5.41) is 8.58. The van der Waals surface area contributed by atoms with E-state index < -0.39 is 0 Å². The molecule has 1 aromatic rings. The standard InChI is InChI=1S/C19H25BrN2O/c1-13-4-3-5-17(21)18(16-12-14(20)6-7-15(13)16)22-19(2)8-10-23-11-9-19/h6-7,12-13,21H,3-5,8-11H2,1-2H3. The number of benzene rings is 1. The van der Waals surface area contributed by atoms with Crippen LogP contribution in [0.25, 0.3) is 0 Å². The lowest BCUT2D eigenvalue weighted by molar-refractivity contribution is 0.0603. The highest BCUT2D eigenvalue weighted by Crippen LogP contribution is 2.33. The van der Waals surface area contributed by atoms with Crippen LogP contribution in [0.3, 0.4) is 0 Å². The summed E-state index contributed by atoms with van der Waals surface area (Å²) in [6.45, 7) is 6.02. The van der Waals surface area contributed by atoms with Gasteiger partial charge in [-0.15, -0.1) is 0 Å². The molecule has 1 N–H and O–H groups in total. The first-order chi connectivity index (χ1) is 11.0. The van der Waals surface area contributed by atoms with Gasteiger partial charge in [0.25, 0.3) is 0 Å². The number of halogens is 1. The number of hydrogen-bond donors (Lipinski definition) is 1. The quantitative estimate of drug-likeness (QED) is 0.726. The van der Waals surface area contributed by atoms with Crippen molar-refractivity contribution in [2.45, 2.75) is 57.4 Å². The highest BCUT2D eigenvalue weighted by atomic mass is 79.9. The lowest BCUT2D eigenvalue weighted by Crippen LogP contribution is -2.34. The van der Waals surface area contributed by atoms with Crippen LogP contribution >= 0.6 is 15.9 Å². The van der Waals surface area contributed by atoms with Crippen LogP contribution in [0, 0.1) is 5.41 Å². The van der Waals surface area contributed by atoms with E-state index in [9.17, 15) is 0 Å². The lowest BCUT2D eigenvalue weighted by atomic mass is 9.83. The Labute approximate surface area is 147 Å². The van der Waals surface area contributed by atoms with Crippen molar-refractivity contribution < 1.29 is 4.74 Å². The summed E-state index contributed by atoms with van der Waals surface area (Å²) in [5.74, 6) is 0.513. The van der Waals surface area contributed by atoms with Gasteiger partial charge in [0.15, 0.2) is 0 Å². The molecule has 1 unspecified atom stereocenters. The number of aliphatic imine (C=N–C) groups is 1. The summed E-state index contributed by atoms with van der Waals surface area (Å²) in [4.78, 5) is 5.12. The van der Waals surface area contributed by atoms with E-state index in [0.717, 1.165) is 61.1 Å². The maximum absolute atomic E-state index is 8.58. The summed E-state index contributed by atoms with van der Waals surface area (Å²) in [6, 6.07) is 6.45. The molecule has 0 radical (unpaired) electrons. The average molecular weight is 377 g/mol. The van der Waals surface area contributed by atoms with Crippen molar-refractivity contribution in [2.75, 3.05) is 13.2 Å². The van der Waals surface area contributed by atoms with Gasteiger partial charge in [0.1, 0.15) is 0 Å². The molecule has 1 fully saturated rings. The van der Waals surface area contributed by atoms with Crippen molar-refractivity contribution in [1.82, 2.24) is 0 Å². The summed E-state index contributed by atoms with van der Waals surface area (Å²) >= 11 is 3.60. The monoisotopic (exact) mass is 376 g/mol. The van der Waals surface area contributed by atoms with Gasteiger partial charge in [-0.2, -0.15) is 0 Å². The Hall–Kier alpha value is -1.00. The number of ether oxygens (including phenoxy) is 1. The third-order valence-corrected chi connectivity index (χ3v) is 5.60. The first-order valence-corrected chi connectivity index (χ1v) is 9.33. The van der Waals surface area contributed by atoms with E-state index in [0.29, 0.717) is 11.6 Å². The molecule has 0 aromatic heterocycles. The second kappa shape index (κ2) is 6.86. The minimum atomic E-state index is -0.109. The summed E-state index contributed by atoms with van der Waals surface area (Å²) < 4.78 is 6.56. The van der Waals surface area contributed by atoms with E-state index in [2.05, 4.69) is 48.0 Å². The molecule has 3 rings (SSSR count). The van der Waals surface area contributed by atoms with E-state index >= 15 is 0 Å². The molecule has 2 aliphatic rings. The first kappa shape index (κ1) is 16.8. The molecular formula is C19H25BrN2O. The van der Waals surface area contributed by atoms with Crippen LogP contribution in [0.15, 0.2) is 27.7 Å². The lowest BCUT2D eigenvalue weighted by Gasteiger charge is -2.32. The van der Waals surface area contributed by atoms with Gasteiger partial charge in [0, 0.05) is 23.2 Å². The fourth-order valence-electron chi connectivity index (χ4n) is 3.51. The molecular weight excluding hydrogens is 352 g/mol. The van der Waals surface area contributed by atoms with Gasteiger partial charge in [-0.05, 0) is 62.6 Å². The zero-order chi connectivity index (χ0) is 16.4. The van der Waals surface area contributed by atoms with E-state index in [4.69, 9.17) is 15.1 Å². The van der Waals surface area contributed by atoms with Crippen LogP contribution in [0.2, 0.25) is 0 Å². The maximum atomic E-state index is 8.58. The van der Waals surface area contributed by atoms with Crippen molar-refractivity contribution >= 4 is 27.4 Å². The minimum absolute atomic E-state index is 0.109. The van der Waals surface area contributed by atoms with Crippen LogP contribution in [-0.4, -0.2) is 30.2 Å². The third-order valence-electron chi connectivity index (χ3n) is 5.10. The largest absolute Gasteiger partial charge is 0.381 e. The molecule has 3 nitrogen and oxygen atoms in total. The highest BCUT2D eigenvalue weighted by molar-refractivity contribution is 9.10. The number of fused-ring (bicyclic) bond motifs is 1. The number of nitrogens with zero attached hydrogens (tertiary/aromatic N) is 1. The van der Waals surface area contributed by atoms with Gasteiger partial charge >= 0.3 is 0 Å². The predicted octanol–water partition coefficient (Wildman–Crippen LogP) is 5.11. The van der Waals surface area contributed by atoms with Gasteiger partial charge in [0.05, 0.1) is 17.0 Å². The zero-order valence-electron chi connectivity index (χ0n) is 14.0. The Kier molecular flexibility index (Phi) is 5.02. The second-order valence-electron chi connectivity index (χ2n) is 7.07. The third kappa shape index (κ3) is 3.74. The zero-order valence-corrected chi connectivity index (χ0v) is 15.6. The average Bonchev–Trinajstić information content (AvgIpc) is 2.52. The summed E-state index contributed by atoms with van der Waals surface area (Å²) in [7, 11) is 0. The molecule has 1 atom stereocenters.